The Kier molecular flexibility index (Phi) is 4.52. The second-order valence-electron chi connectivity index (χ2n) is 6.33. The van der Waals surface area contributed by atoms with Crippen molar-refractivity contribution in [3.8, 4) is 0 Å². The summed E-state index contributed by atoms with van der Waals surface area (Å²) in [7, 11) is 0. The zero-order valence-electron chi connectivity index (χ0n) is 13.5. The van der Waals surface area contributed by atoms with Gasteiger partial charge in [0, 0.05) is 33.1 Å². The summed E-state index contributed by atoms with van der Waals surface area (Å²) in [5.41, 5.74) is 8.61. The molecule has 1 aromatic rings. The molecule has 0 aromatic heterocycles. The summed E-state index contributed by atoms with van der Waals surface area (Å²) >= 11 is 0. The predicted molar refractivity (Wildman–Crippen MR) is 87.8 cm³/mol. The zero-order chi connectivity index (χ0) is 16.4. The molecule has 3 rings (SSSR count). The molecule has 3 amide bonds. The fourth-order valence-electron chi connectivity index (χ4n) is 3.45. The van der Waals surface area contributed by atoms with E-state index in [2.05, 4.69) is 11.4 Å². The van der Waals surface area contributed by atoms with Gasteiger partial charge in [-0.15, -0.1) is 0 Å². The average Bonchev–Trinajstić information content (AvgIpc) is 2.73. The lowest BCUT2D eigenvalue weighted by molar-refractivity contribution is -0.128. The third-order valence-electron chi connectivity index (χ3n) is 4.82. The maximum atomic E-state index is 12.5. The molecule has 3 N–H and O–H groups in total. The molecule has 1 aliphatic heterocycles. The number of carbonyl (C=O) groups excluding carboxylic acids is 2. The highest BCUT2D eigenvalue weighted by atomic mass is 16.2. The van der Waals surface area contributed by atoms with Gasteiger partial charge in [-0.05, 0) is 24.0 Å². The minimum absolute atomic E-state index is 0.0629. The molecule has 0 bridgehead atoms. The topological polar surface area (TPSA) is 78.7 Å². The molecular weight excluding hydrogens is 292 g/mol. The van der Waals surface area contributed by atoms with E-state index in [0.29, 0.717) is 26.2 Å². The van der Waals surface area contributed by atoms with Gasteiger partial charge >= 0.3 is 6.03 Å². The number of amides is 3. The minimum atomic E-state index is -0.157. The Morgan fingerprint density at radius 2 is 1.83 bits per heavy atom. The van der Waals surface area contributed by atoms with Crippen molar-refractivity contribution in [3.63, 3.8) is 0 Å². The normalized spacial score (nSPS) is 24.1. The summed E-state index contributed by atoms with van der Waals surface area (Å²) in [6, 6.07) is 7.78. The van der Waals surface area contributed by atoms with E-state index in [0.717, 1.165) is 18.4 Å². The molecule has 1 heterocycles. The monoisotopic (exact) mass is 316 g/mol. The lowest BCUT2D eigenvalue weighted by Crippen LogP contribution is -2.48. The standard InChI is InChI=1S/C17H24N4O2/c1-12(22)20-7-4-8-21(10-9-20)17(23)19-15-11-13-5-2-3-6-14(13)16(15)18/h2-3,5-6,15-16H,4,7-11,18H2,1H3,(H,19,23)/t15-,16-/m1/s1. The first kappa shape index (κ1) is 15.8. The fourth-order valence-corrected chi connectivity index (χ4v) is 3.45. The van der Waals surface area contributed by atoms with Gasteiger partial charge < -0.3 is 20.9 Å². The Morgan fingerprint density at radius 1 is 1.13 bits per heavy atom. The van der Waals surface area contributed by atoms with E-state index in [9.17, 15) is 9.59 Å². The molecule has 1 aromatic carbocycles. The van der Waals surface area contributed by atoms with Gasteiger partial charge in [0.2, 0.25) is 5.91 Å². The van der Waals surface area contributed by atoms with Gasteiger partial charge in [-0.25, -0.2) is 4.79 Å². The molecule has 6 nitrogen and oxygen atoms in total. The first-order valence-corrected chi connectivity index (χ1v) is 8.20. The number of rotatable bonds is 1. The van der Waals surface area contributed by atoms with E-state index in [4.69, 9.17) is 5.73 Å². The number of hydrogen-bond acceptors (Lipinski definition) is 3. The molecule has 23 heavy (non-hydrogen) atoms. The van der Waals surface area contributed by atoms with Gasteiger partial charge in [0.25, 0.3) is 0 Å². The van der Waals surface area contributed by atoms with Crippen molar-refractivity contribution < 1.29 is 9.59 Å². The lowest BCUT2D eigenvalue weighted by Gasteiger charge is -2.25. The quantitative estimate of drug-likeness (QED) is 0.807. The molecule has 2 aliphatic rings. The molecule has 1 saturated heterocycles. The molecule has 1 aliphatic carbocycles. The Labute approximate surface area is 136 Å². The number of nitrogens with two attached hydrogens (primary N) is 1. The summed E-state index contributed by atoms with van der Waals surface area (Å²) in [6.45, 7) is 4.13. The minimum Gasteiger partial charge on any atom is -0.341 e. The van der Waals surface area contributed by atoms with E-state index in [1.807, 2.05) is 18.2 Å². The highest BCUT2D eigenvalue weighted by Gasteiger charge is 2.32. The van der Waals surface area contributed by atoms with Gasteiger partial charge in [0.1, 0.15) is 0 Å². The first-order valence-electron chi connectivity index (χ1n) is 8.20. The van der Waals surface area contributed by atoms with Gasteiger partial charge in [-0.2, -0.15) is 0 Å². The van der Waals surface area contributed by atoms with Crippen LogP contribution in [-0.4, -0.2) is 54.0 Å². The van der Waals surface area contributed by atoms with Crippen molar-refractivity contribution in [2.45, 2.75) is 31.8 Å². The van der Waals surface area contributed by atoms with E-state index in [1.165, 1.54) is 5.56 Å². The summed E-state index contributed by atoms with van der Waals surface area (Å²) in [6.07, 6.45) is 1.58. The van der Waals surface area contributed by atoms with E-state index >= 15 is 0 Å². The number of fused-ring (bicyclic) bond motifs is 1. The molecule has 0 saturated carbocycles. The number of carbonyl (C=O) groups is 2. The van der Waals surface area contributed by atoms with Crippen LogP contribution in [0.1, 0.15) is 30.5 Å². The molecule has 1 fully saturated rings. The van der Waals surface area contributed by atoms with Crippen LogP contribution in [0.25, 0.3) is 0 Å². The van der Waals surface area contributed by atoms with Crippen LogP contribution in [-0.2, 0) is 11.2 Å². The Bertz CT molecular complexity index is 604. The van der Waals surface area contributed by atoms with Crippen molar-refractivity contribution in [3.05, 3.63) is 35.4 Å². The third kappa shape index (κ3) is 3.32. The third-order valence-corrected chi connectivity index (χ3v) is 4.82. The molecule has 2 atom stereocenters. The van der Waals surface area contributed by atoms with Crippen LogP contribution < -0.4 is 11.1 Å². The molecule has 0 spiro atoms. The highest BCUT2D eigenvalue weighted by molar-refractivity contribution is 5.76. The summed E-state index contributed by atoms with van der Waals surface area (Å²) in [5, 5.41) is 3.08. The van der Waals surface area contributed by atoms with Gasteiger partial charge in [-0.1, -0.05) is 24.3 Å². The maximum Gasteiger partial charge on any atom is 0.317 e. The van der Waals surface area contributed by atoms with E-state index < -0.39 is 0 Å². The van der Waals surface area contributed by atoms with Crippen LogP contribution >= 0.6 is 0 Å². The van der Waals surface area contributed by atoms with E-state index in [-0.39, 0.29) is 24.0 Å². The van der Waals surface area contributed by atoms with Crippen molar-refractivity contribution in [1.82, 2.24) is 15.1 Å². The second-order valence-corrected chi connectivity index (χ2v) is 6.33. The predicted octanol–water partition coefficient (Wildman–Crippen LogP) is 0.875. The smallest absolute Gasteiger partial charge is 0.317 e. The average molecular weight is 316 g/mol. The van der Waals surface area contributed by atoms with Gasteiger partial charge in [0.15, 0.2) is 0 Å². The molecule has 0 unspecified atom stereocenters. The SMILES string of the molecule is CC(=O)N1CCCN(C(=O)N[C@@H]2Cc3ccccc3[C@H]2N)CC1. The molecule has 0 radical (unpaired) electrons. The van der Waals surface area contributed by atoms with Gasteiger partial charge in [-0.3, -0.25) is 4.79 Å². The number of hydrogen-bond donors (Lipinski definition) is 2. The fraction of sp³-hybridized carbons (Fsp3) is 0.529. The molecule has 6 heteroatoms. The van der Waals surface area contributed by atoms with Crippen LogP contribution in [0.2, 0.25) is 0 Å². The van der Waals surface area contributed by atoms with E-state index in [1.54, 1.807) is 16.7 Å². The number of benzene rings is 1. The Balaban J connectivity index is 1.59. The Morgan fingerprint density at radius 3 is 2.57 bits per heavy atom. The first-order chi connectivity index (χ1) is 11.1. The van der Waals surface area contributed by atoms with Crippen LogP contribution in [0.3, 0.4) is 0 Å². The van der Waals surface area contributed by atoms with Crippen LogP contribution in [0.4, 0.5) is 4.79 Å². The highest BCUT2D eigenvalue weighted by Crippen LogP contribution is 2.29. The van der Waals surface area contributed by atoms with Crippen LogP contribution in [0.5, 0.6) is 0 Å². The van der Waals surface area contributed by atoms with Crippen molar-refractivity contribution in [2.75, 3.05) is 26.2 Å². The number of nitrogens with zero attached hydrogens (tertiary/aromatic N) is 2. The summed E-state index contributed by atoms with van der Waals surface area (Å²) in [5.74, 6) is 0.0699. The van der Waals surface area contributed by atoms with Crippen molar-refractivity contribution >= 4 is 11.9 Å². The van der Waals surface area contributed by atoms with Crippen LogP contribution in [0.15, 0.2) is 24.3 Å². The summed E-state index contributed by atoms with van der Waals surface area (Å²) in [4.78, 5) is 27.6. The molecule has 124 valence electrons. The van der Waals surface area contributed by atoms with Crippen LogP contribution in [0, 0.1) is 0 Å². The lowest BCUT2D eigenvalue weighted by atomic mass is 10.1. The summed E-state index contributed by atoms with van der Waals surface area (Å²) < 4.78 is 0. The number of nitrogens with one attached hydrogen (secondary N) is 1. The Hall–Kier alpha value is -2.08. The van der Waals surface area contributed by atoms with Gasteiger partial charge in [0.05, 0.1) is 12.1 Å². The molecular formula is C17H24N4O2. The largest absolute Gasteiger partial charge is 0.341 e. The van der Waals surface area contributed by atoms with Crippen molar-refractivity contribution in [1.29, 1.82) is 0 Å². The van der Waals surface area contributed by atoms with Crippen molar-refractivity contribution in [2.24, 2.45) is 5.73 Å². The maximum absolute atomic E-state index is 12.5. The number of urea groups is 1. The second kappa shape index (κ2) is 6.58. The zero-order valence-corrected chi connectivity index (χ0v) is 13.5.